The molecule has 0 radical (unpaired) electrons. The fraction of sp³-hybridized carbons (Fsp3) is 0. The smallest absolute Gasteiger partial charge is 0.335 e. The molecule has 2 rings (SSSR count). The second-order valence-corrected chi connectivity index (χ2v) is 3.72. The van der Waals surface area contributed by atoms with Gasteiger partial charge in [0.05, 0.1) is 17.4 Å². The summed E-state index contributed by atoms with van der Waals surface area (Å²) in [5.41, 5.74) is -0.586. The Morgan fingerprint density at radius 2 is 1.42 bits per heavy atom. The van der Waals surface area contributed by atoms with Crippen LogP contribution in [0.2, 0.25) is 0 Å². The van der Waals surface area contributed by atoms with Crippen LogP contribution in [0.4, 0.5) is 0 Å². The Hall–Kier alpha value is -2.89. The average molecular weight is 260 g/mol. The highest BCUT2D eigenvalue weighted by molar-refractivity contribution is 6.09. The van der Waals surface area contributed by atoms with Crippen LogP contribution in [-0.2, 0) is 0 Å². The van der Waals surface area contributed by atoms with Crippen molar-refractivity contribution in [1.82, 2.24) is 0 Å². The molecule has 1 aromatic heterocycles. The number of furan rings is 1. The predicted molar refractivity (Wildman–Crippen MR) is 62.5 cm³/mol. The summed E-state index contributed by atoms with van der Waals surface area (Å²) in [6.45, 7) is 0. The quantitative estimate of drug-likeness (QED) is 0.813. The number of rotatable bonds is 4. The molecule has 0 bridgehead atoms. The number of carbonyl (C=O) groups excluding carboxylic acids is 1. The average Bonchev–Trinajstić information content (AvgIpc) is 2.91. The lowest BCUT2D eigenvalue weighted by Crippen LogP contribution is -2.08. The molecule has 0 aliphatic rings. The summed E-state index contributed by atoms with van der Waals surface area (Å²) in [6, 6.07) is 6.13. The Labute approximate surface area is 106 Å². The molecular weight excluding hydrogens is 252 g/mol. The van der Waals surface area contributed by atoms with Gasteiger partial charge in [0.15, 0.2) is 5.76 Å². The van der Waals surface area contributed by atoms with Gasteiger partial charge in [0.1, 0.15) is 0 Å². The van der Waals surface area contributed by atoms with Crippen LogP contribution in [0.25, 0.3) is 0 Å². The fourth-order valence-electron chi connectivity index (χ4n) is 1.56. The maximum atomic E-state index is 12.0. The summed E-state index contributed by atoms with van der Waals surface area (Å²) in [5.74, 6) is -3.18. The number of ketones is 1. The summed E-state index contributed by atoms with van der Waals surface area (Å²) in [4.78, 5) is 33.8. The predicted octanol–water partition coefficient (Wildman–Crippen LogP) is 1.91. The van der Waals surface area contributed by atoms with Crippen molar-refractivity contribution in [3.63, 3.8) is 0 Å². The van der Waals surface area contributed by atoms with Crippen molar-refractivity contribution >= 4 is 17.7 Å². The van der Waals surface area contributed by atoms with Crippen LogP contribution in [0, 0.1) is 0 Å². The summed E-state index contributed by atoms with van der Waals surface area (Å²) in [5, 5.41) is 17.8. The molecule has 1 aromatic carbocycles. The highest BCUT2D eigenvalue weighted by Crippen LogP contribution is 2.15. The fourth-order valence-corrected chi connectivity index (χ4v) is 1.56. The highest BCUT2D eigenvalue weighted by atomic mass is 16.4. The number of carboxylic acid groups (broad SMARTS) is 2. The molecule has 0 saturated heterocycles. The van der Waals surface area contributed by atoms with E-state index in [1.807, 2.05) is 0 Å². The first-order chi connectivity index (χ1) is 8.99. The summed E-state index contributed by atoms with van der Waals surface area (Å²) in [6.07, 6.45) is 1.30. The van der Waals surface area contributed by atoms with Gasteiger partial charge in [-0.2, -0.15) is 0 Å². The molecule has 6 heteroatoms. The van der Waals surface area contributed by atoms with E-state index in [1.54, 1.807) is 0 Å². The molecular formula is C13H8O6. The number of aromatic carboxylic acids is 2. The van der Waals surface area contributed by atoms with Gasteiger partial charge in [0.2, 0.25) is 5.78 Å². The van der Waals surface area contributed by atoms with Crippen molar-refractivity contribution in [1.29, 1.82) is 0 Å². The Balaban J connectivity index is 2.53. The SMILES string of the molecule is O=C(O)c1cc(C(=O)O)cc(C(=O)c2ccco2)c1. The minimum atomic E-state index is -1.31. The molecule has 0 aliphatic heterocycles. The van der Waals surface area contributed by atoms with Crippen LogP contribution in [0.15, 0.2) is 41.0 Å². The number of carbonyl (C=O) groups is 3. The van der Waals surface area contributed by atoms with E-state index in [0.717, 1.165) is 18.2 Å². The zero-order valence-corrected chi connectivity index (χ0v) is 9.49. The lowest BCUT2D eigenvalue weighted by atomic mass is 10.0. The molecule has 96 valence electrons. The molecule has 0 saturated carbocycles. The van der Waals surface area contributed by atoms with E-state index in [-0.39, 0.29) is 22.5 Å². The maximum absolute atomic E-state index is 12.0. The standard InChI is InChI=1S/C13H8O6/c14-11(10-2-1-3-19-10)7-4-8(12(15)16)6-9(5-7)13(17)18/h1-6H,(H,15,16)(H,17,18). The van der Waals surface area contributed by atoms with Gasteiger partial charge in [-0.15, -0.1) is 0 Å². The number of benzene rings is 1. The Bertz CT molecular complexity index is 622. The first kappa shape index (κ1) is 12.6. The first-order valence-electron chi connectivity index (χ1n) is 5.19. The van der Waals surface area contributed by atoms with Gasteiger partial charge in [0.25, 0.3) is 0 Å². The molecule has 0 fully saturated rings. The molecule has 0 atom stereocenters. The molecule has 6 nitrogen and oxygen atoms in total. The van der Waals surface area contributed by atoms with Gasteiger partial charge >= 0.3 is 11.9 Å². The Kier molecular flexibility index (Phi) is 3.15. The van der Waals surface area contributed by atoms with E-state index in [1.165, 1.54) is 18.4 Å². The van der Waals surface area contributed by atoms with Gasteiger partial charge in [-0.05, 0) is 30.3 Å². The molecule has 1 heterocycles. The van der Waals surface area contributed by atoms with E-state index in [9.17, 15) is 14.4 Å². The number of hydrogen-bond donors (Lipinski definition) is 2. The van der Waals surface area contributed by atoms with Crippen LogP contribution in [0.1, 0.15) is 36.8 Å². The molecule has 0 unspecified atom stereocenters. The second kappa shape index (κ2) is 4.77. The van der Waals surface area contributed by atoms with E-state index in [2.05, 4.69) is 0 Å². The zero-order chi connectivity index (χ0) is 14.0. The van der Waals surface area contributed by atoms with E-state index < -0.39 is 17.7 Å². The van der Waals surface area contributed by atoms with Gasteiger partial charge < -0.3 is 14.6 Å². The molecule has 2 N–H and O–H groups in total. The lowest BCUT2D eigenvalue weighted by molar-refractivity contribution is 0.0696. The van der Waals surface area contributed by atoms with Gasteiger partial charge in [-0.3, -0.25) is 4.79 Å². The van der Waals surface area contributed by atoms with Crippen molar-refractivity contribution in [3.05, 3.63) is 59.0 Å². The maximum Gasteiger partial charge on any atom is 0.335 e. The summed E-state index contributed by atoms with van der Waals surface area (Å²) >= 11 is 0. The monoisotopic (exact) mass is 260 g/mol. The van der Waals surface area contributed by atoms with Crippen LogP contribution in [0.3, 0.4) is 0 Å². The van der Waals surface area contributed by atoms with Gasteiger partial charge in [-0.1, -0.05) is 0 Å². The number of carboxylic acids is 2. The number of hydrogen-bond acceptors (Lipinski definition) is 4. The third-order valence-corrected chi connectivity index (χ3v) is 2.43. The topological polar surface area (TPSA) is 105 Å². The third kappa shape index (κ3) is 2.52. The largest absolute Gasteiger partial charge is 0.478 e. The van der Waals surface area contributed by atoms with Crippen LogP contribution in [0.5, 0.6) is 0 Å². The summed E-state index contributed by atoms with van der Waals surface area (Å²) < 4.78 is 4.91. The molecule has 0 amide bonds. The minimum absolute atomic E-state index is 0.0128. The van der Waals surface area contributed by atoms with Crippen LogP contribution >= 0.6 is 0 Å². The molecule has 0 spiro atoms. The zero-order valence-electron chi connectivity index (χ0n) is 9.49. The van der Waals surface area contributed by atoms with Crippen molar-refractivity contribution in [2.45, 2.75) is 0 Å². The second-order valence-electron chi connectivity index (χ2n) is 3.72. The Morgan fingerprint density at radius 3 is 1.84 bits per heavy atom. The normalized spacial score (nSPS) is 10.1. The molecule has 0 aliphatic carbocycles. The van der Waals surface area contributed by atoms with E-state index >= 15 is 0 Å². The molecule has 2 aromatic rings. The van der Waals surface area contributed by atoms with Crippen LogP contribution in [-0.4, -0.2) is 27.9 Å². The lowest BCUT2D eigenvalue weighted by Gasteiger charge is -2.03. The van der Waals surface area contributed by atoms with E-state index in [0.29, 0.717) is 0 Å². The summed E-state index contributed by atoms with van der Waals surface area (Å²) in [7, 11) is 0. The molecule has 19 heavy (non-hydrogen) atoms. The Morgan fingerprint density at radius 1 is 0.895 bits per heavy atom. The highest BCUT2D eigenvalue weighted by Gasteiger charge is 2.17. The first-order valence-corrected chi connectivity index (χ1v) is 5.19. The van der Waals surface area contributed by atoms with Crippen molar-refractivity contribution in [2.75, 3.05) is 0 Å². The van der Waals surface area contributed by atoms with E-state index in [4.69, 9.17) is 14.6 Å². The van der Waals surface area contributed by atoms with Gasteiger partial charge in [-0.25, -0.2) is 9.59 Å². The van der Waals surface area contributed by atoms with Crippen LogP contribution < -0.4 is 0 Å². The minimum Gasteiger partial charge on any atom is -0.478 e. The van der Waals surface area contributed by atoms with Crippen molar-refractivity contribution in [3.8, 4) is 0 Å². The van der Waals surface area contributed by atoms with Gasteiger partial charge in [0, 0.05) is 5.56 Å². The van der Waals surface area contributed by atoms with Crippen molar-refractivity contribution in [2.24, 2.45) is 0 Å². The third-order valence-electron chi connectivity index (χ3n) is 2.43. The van der Waals surface area contributed by atoms with Crippen molar-refractivity contribution < 1.29 is 29.0 Å².